The van der Waals surface area contributed by atoms with Crippen LogP contribution in [0.3, 0.4) is 0 Å². The topological polar surface area (TPSA) is 26.3 Å². The molecule has 0 atom stereocenters. The highest BCUT2D eigenvalue weighted by Gasteiger charge is 2.14. The Hall–Kier alpha value is -1.57. The molecule has 2 nitrogen and oxygen atoms in total. The van der Waals surface area contributed by atoms with Crippen molar-refractivity contribution < 1.29 is 9.53 Å². The molecule has 0 spiro atoms. The van der Waals surface area contributed by atoms with E-state index in [1.54, 1.807) is 6.08 Å². The molecule has 18 heavy (non-hydrogen) atoms. The van der Waals surface area contributed by atoms with Gasteiger partial charge in [-0.15, -0.1) is 0 Å². The van der Waals surface area contributed by atoms with Crippen molar-refractivity contribution in [3.05, 3.63) is 35.9 Å². The molecule has 1 aromatic carbocycles. The van der Waals surface area contributed by atoms with Crippen molar-refractivity contribution in [2.45, 2.75) is 45.6 Å². The van der Waals surface area contributed by atoms with Crippen molar-refractivity contribution in [3.8, 4) is 5.75 Å². The van der Waals surface area contributed by atoms with Crippen LogP contribution < -0.4 is 4.74 Å². The second-order valence-corrected chi connectivity index (χ2v) is 5.01. The Labute approximate surface area is 109 Å². The molecule has 1 aliphatic rings. The smallest absolute Gasteiger partial charge is 0.155 e. The Morgan fingerprint density at radius 2 is 1.83 bits per heavy atom. The lowest BCUT2D eigenvalue weighted by Gasteiger charge is -2.15. The maximum atomic E-state index is 11.7. The van der Waals surface area contributed by atoms with Crippen molar-refractivity contribution >= 4 is 11.4 Å². The summed E-state index contributed by atoms with van der Waals surface area (Å²) in [6.07, 6.45) is 5.66. The molecule has 0 saturated carbocycles. The number of hydrogen-bond donors (Lipinski definition) is 0. The highest BCUT2D eigenvalue weighted by atomic mass is 16.5. The van der Waals surface area contributed by atoms with Gasteiger partial charge in [0.2, 0.25) is 0 Å². The normalized spacial score (nSPS) is 16.4. The van der Waals surface area contributed by atoms with Crippen LogP contribution in [0.5, 0.6) is 5.75 Å². The molecule has 0 radical (unpaired) electrons. The summed E-state index contributed by atoms with van der Waals surface area (Å²) in [7, 11) is 0. The summed E-state index contributed by atoms with van der Waals surface area (Å²) in [5.74, 6) is 1.12. The van der Waals surface area contributed by atoms with E-state index in [0.29, 0.717) is 6.42 Å². The lowest BCUT2D eigenvalue weighted by Crippen LogP contribution is -2.07. The van der Waals surface area contributed by atoms with Gasteiger partial charge in [0.05, 0.1) is 6.10 Å². The summed E-state index contributed by atoms with van der Waals surface area (Å²) in [6, 6.07) is 7.99. The molecular weight excluding hydrogens is 224 g/mol. The molecule has 96 valence electrons. The van der Waals surface area contributed by atoms with Crippen LogP contribution in [0.15, 0.2) is 30.3 Å². The Morgan fingerprint density at radius 3 is 2.61 bits per heavy atom. The van der Waals surface area contributed by atoms with Gasteiger partial charge in [0.25, 0.3) is 0 Å². The summed E-state index contributed by atoms with van der Waals surface area (Å²) >= 11 is 0. The van der Waals surface area contributed by atoms with Crippen LogP contribution in [-0.4, -0.2) is 11.9 Å². The molecule has 2 heteroatoms. The molecule has 0 aliphatic heterocycles. The molecule has 0 aromatic heterocycles. The minimum Gasteiger partial charge on any atom is -0.490 e. The first kappa shape index (κ1) is 12.9. The number of benzene rings is 1. The third kappa shape index (κ3) is 3.22. The Bertz CT molecular complexity index is 458. The molecule has 0 fully saturated rings. The highest BCUT2D eigenvalue weighted by molar-refractivity contribution is 5.97. The number of allylic oxidation sites excluding steroid dienone is 2. The van der Waals surface area contributed by atoms with E-state index in [1.807, 2.05) is 38.1 Å². The molecule has 1 aromatic rings. The van der Waals surface area contributed by atoms with E-state index in [-0.39, 0.29) is 11.9 Å². The van der Waals surface area contributed by atoms with Crippen molar-refractivity contribution in [2.75, 3.05) is 0 Å². The van der Waals surface area contributed by atoms with Crippen LogP contribution >= 0.6 is 0 Å². The third-order valence-corrected chi connectivity index (χ3v) is 3.05. The summed E-state index contributed by atoms with van der Waals surface area (Å²) in [6.45, 7) is 4.03. The first-order valence-electron chi connectivity index (χ1n) is 6.66. The van der Waals surface area contributed by atoms with Gasteiger partial charge in [0.15, 0.2) is 5.78 Å². The van der Waals surface area contributed by atoms with E-state index < -0.39 is 0 Å². The van der Waals surface area contributed by atoms with Crippen molar-refractivity contribution in [1.82, 2.24) is 0 Å². The molecular formula is C16H20O2. The van der Waals surface area contributed by atoms with Crippen LogP contribution in [0.4, 0.5) is 0 Å². The molecule has 2 rings (SSSR count). The van der Waals surface area contributed by atoms with Crippen molar-refractivity contribution in [2.24, 2.45) is 0 Å². The van der Waals surface area contributed by atoms with Gasteiger partial charge >= 0.3 is 0 Å². The van der Waals surface area contributed by atoms with Gasteiger partial charge in [-0.3, -0.25) is 4.79 Å². The molecule has 0 heterocycles. The first-order valence-corrected chi connectivity index (χ1v) is 6.66. The Morgan fingerprint density at radius 1 is 1.11 bits per heavy atom. The highest BCUT2D eigenvalue weighted by Crippen LogP contribution is 2.31. The number of hydrogen-bond acceptors (Lipinski definition) is 2. The quantitative estimate of drug-likeness (QED) is 0.803. The number of ether oxygens (including phenoxy) is 1. The van der Waals surface area contributed by atoms with Gasteiger partial charge in [-0.05, 0) is 50.8 Å². The number of carbonyl (C=O) groups is 1. The van der Waals surface area contributed by atoms with Crippen LogP contribution in [0, 0.1) is 0 Å². The zero-order chi connectivity index (χ0) is 13.0. The van der Waals surface area contributed by atoms with E-state index in [0.717, 1.165) is 36.1 Å². The van der Waals surface area contributed by atoms with Crippen LogP contribution in [0.25, 0.3) is 5.57 Å². The van der Waals surface area contributed by atoms with Crippen LogP contribution in [-0.2, 0) is 4.79 Å². The number of ketones is 1. The fourth-order valence-electron chi connectivity index (χ4n) is 2.25. The zero-order valence-corrected chi connectivity index (χ0v) is 11.1. The van der Waals surface area contributed by atoms with E-state index in [1.165, 1.54) is 0 Å². The lowest BCUT2D eigenvalue weighted by molar-refractivity contribution is -0.114. The van der Waals surface area contributed by atoms with Crippen molar-refractivity contribution in [1.29, 1.82) is 0 Å². The molecule has 1 aliphatic carbocycles. The van der Waals surface area contributed by atoms with Crippen molar-refractivity contribution in [3.63, 3.8) is 0 Å². The molecule has 0 unspecified atom stereocenters. The monoisotopic (exact) mass is 244 g/mol. The second-order valence-electron chi connectivity index (χ2n) is 5.01. The van der Waals surface area contributed by atoms with Gasteiger partial charge < -0.3 is 4.74 Å². The van der Waals surface area contributed by atoms with Gasteiger partial charge in [0.1, 0.15) is 5.75 Å². The van der Waals surface area contributed by atoms with Gasteiger partial charge in [-0.1, -0.05) is 18.2 Å². The van der Waals surface area contributed by atoms with E-state index in [2.05, 4.69) is 0 Å². The summed E-state index contributed by atoms with van der Waals surface area (Å²) in [5, 5.41) is 0. The molecule has 0 amide bonds. The molecule has 0 N–H and O–H groups in total. The zero-order valence-electron chi connectivity index (χ0n) is 11.1. The van der Waals surface area contributed by atoms with E-state index >= 15 is 0 Å². The maximum Gasteiger partial charge on any atom is 0.155 e. The summed E-state index contributed by atoms with van der Waals surface area (Å²) < 4.78 is 5.82. The Kier molecular flexibility index (Phi) is 4.19. The fraction of sp³-hybridized carbons (Fsp3) is 0.438. The van der Waals surface area contributed by atoms with E-state index in [9.17, 15) is 4.79 Å². The number of rotatable bonds is 3. The average Bonchev–Trinajstić information content (AvgIpc) is 2.54. The number of para-hydroxylation sites is 1. The van der Waals surface area contributed by atoms with Gasteiger partial charge in [-0.2, -0.15) is 0 Å². The first-order chi connectivity index (χ1) is 8.66. The molecule has 0 bridgehead atoms. The minimum atomic E-state index is 0.147. The van der Waals surface area contributed by atoms with Gasteiger partial charge in [-0.25, -0.2) is 0 Å². The third-order valence-electron chi connectivity index (χ3n) is 3.05. The lowest BCUT2D eigenvalue weighted by atomic mass is 10.0. The Balaban J connectivity index is 2.34. The second kappa shape index (κ2) is 5.85. The summed E-state index contributed by atoms with van der Waals surface area (Å²) in [5.41, 5.74) is 2.19. The maximum absolute atomic E-state index is 11.7. The molecule has 0 saturated heterocycles. The summed E-state index contributed by atoms with van der Waals surface area (Å²) in [4.78, 5) is 11.7. The van der Waals surface area contributed by atoms with E-state index in [4.69, 9.17) is 4.74 Å². The van der Waals surface area contributed by atoms with Crippen LogP contribution in [0.1, 0.15) is 45.1 Å². The van der Waals surface area contributed by atoms with Gasteiger partial charge in [0, 0.05) is 12.0 Å². The average molecular weight is 244 g/mol. The SMILES string of the molecule is CC(C)Oc1ccccc1C1=CC(=O)CCCC1. The van der Waals surface area contributed by atoms with Crippen LogP contribution in [0.2, 0.25) is 0 Å². The minimum absolute atomic E-state index is 0.147. The predicted octanol–water partition coefficient (Wildman–Crippen LogP) is 4.00. The fourth-order valence-corrected chi connectivity index (χ4v) is 2.25. The largest absolute Gasteiger partial charge is 0.490 e. The predicted molar refractivity (Wildman–Crippen MR) is 73.7 cm³/mol. The number of carbonyl (C=O) groups excluding carboxylic acids is 1. The standard InChI is InChI=1S/C16H20O2/c1-12(2)18-16-10-6-5-9-15(16)13-7-3-4-8-14(17)11-13/h5-6,9-12H,3-4,7-8H2,1-2H3.